The summed E-state index contributed by atoms with van der Waals surface area (Å²) in [4.78, 5) is 21.5. The van der Waals surface area contributed by atoms with Gasteiger partial charge in [-0.15, -0.1) is 0 Å². The highest BCUT2D eigenvalue weighted by Crippen LogP contribution is 2.43. The van der Waals surface area contributed by atoms with Crippen LogP contribution in [0.2, 0.25) is 36.3 Å². The number of aromatic nitrogens is 5. The summed E-state index contributed by atoms with van der Waals surface area (Å²) < 4.78 is 29.0. The predicted octanol–water partition coefficient (Wildman–Crippen LogP) is 4.46. The molecule has 0 aromatic carbocycles. The second kappa shape index (κ2) is 10.5. The number of hydrogen-bond acceptors (Lipinski definition) is 8. The van der Waals surface area contributed by atoms with Gasteiger partial charge in [-0.1, -0.05) is 41.5 Å². The van der Waals surface area contributed by atoms with Crippen LogP contribution < -0.4 is 5.69 Å². The molecule has 37 heavy (non-hydrogen) atoms. The predicted molar refractivity (Wildman–Crippen MR) is 148 cm³/mol. The Labute approximate surface area is 223 Å². The van der Waals surface area contributed by atoms with E-state index in [0.717, 1.165) is 5.56 Å². The monoisotopic (exact) mass is 551 g/mol. The fourth-order valence-electron chi connectivity index (χ4n) is 3.77. The van der Waals surface area contributed by atoms with E-state index in [1.165, 1.54) is 21.9 Å². The molecular weight excluding hydrogens is 506 g/mol. The van der Waals surface area contributed by atoms with Gasteiger partial charge in [-0.25, -0.2) is 14.5 Å². The minimum atomic E-state index is -2.21. The van der Waals surface area contributed by atoms with Crippen molar-refractivity contribution in [2.45, 2.75) is 109 Å². The molecule has 0 N–H and O–H groups in total. The van der Waals surface area contributed by atoms with Gasteiger partial charge in [-0.05, 0) is 43.2 Å². The summed E-state index contributed by atoms with van der Waals surface area (Å²) in [5.74, 6) is 0.428. The normalized spacial score (nSPS) is 23.6. The van der Waals surface area contributed by atoms with E-state index in [0.29, 0.717) is 12.4 Å². The Morgan fingerprint density at radius 1 is 1.03 bits per heavy atom. The van der Waals surface area contributed by atoms with E-state index in [4.69, 9.17) is 18.3 Å². The van der Waals surface area contributed by atoms with Crippen LogP contribution in [0.5, 0.6) is 0 Å². The summed E-state index contributed by atoms with van der Waals surface area (Å²) in [7, 11) is -2.62. The van der Waals surface area contributed by atoms with Gasteiger partial charge >= 0.3 is 5.69 Å². The minimum Gasteiger partial charge on any atom is -0.414 e. The summed E-state index contributed by atoms with van der Waals surface area (Å²) in [5, 5.41) is 4.15. The molecule has 3 rings (SSSR count). The van der Waals surface area contributed by atoms with Crippen LogP contribution in [0, 0.1) is 6.92 Å². The van der Waals surface area contributed by atoms with E-state index >= 15 is 0 Å². The molecule has 3 heterocycles. The van der Waals surface area contributed by atoms with E-state index in [1.54, 1.807) is 13.3 Å². The van der Waals surface area contributed by atoms with Crippen molar-refractivity contribution in [3.8, 4) is 5.82 Å². The molecule has 10 nitrogen and oxygen atoms in total. The number of ether oxygens (including phenoxy) is 2. The first kappa shape index (κ1) is 29.8. The summed E-state index contributed by atoms with van der Waals surface area (Å²) in [6.07, 6.45) is 2.63. The molecule has 0 amide bonds. The van der Waals surface area contributed by atoms with Gasteiger partial charge in [0, 0.05) is 18.9 Å². The Morgan fingerprint density at radius 3 is 2.16 bits per heavy atom. The Hall–Kier alpha value is -1.71. The standard InChI is InChI=1S/C25H45N5O5Si2/c1-17-13-29(23(31)28-21(17)30-16-26-15-27-30)22-20(32-8)19(35-37(11,12)25(5,6)7)18(34-22)14-33-36(9,10)24(2,3)4/h13,15-16,18-20,22H,14H2,1-12H3/t18-,19-,20-,22-/m1/s1. The fraction of sp³-hybridized carbons (Fsp3) is 0.760. The molecule has 1 saturated heterocycles. The molecule has 12 heteroatoms. The van der Waals surface area contributed by atoms with Gasteiger partial charge in [0.25, 0.3) is 0 Å². The molecular formula is C25H45N5O5Si2. The van der Waals surface area contributed by atoms with Crippen molar-refractivity contribution in [3.05, 3.63) is 34.9 Å². The Kier molecular flexibility index (Phi) is 8.43. The van der Waals surface area contributed by atoms with Crippen LogP contribution in [0.15, 0.2) is 23.6 Å². The maximum atomic E-state index is 13.2. The first-order valence-corrected chi connectivity index (χ1v) is 18.7. The highest BCUT2D eigenvalue weighted by atomic mass is 28.4. The molecule has 0 spiro atoms. The molecule has 0 unspecified atom stereocenters. The summed E-state index contributed by atoms with van der Waals surface area (Å²) in [5.41, 5.74) is 0.298. The summed E-state index contributed by atoms with van der Waals surface area (Å²) in [6, 6.07) is 0. The Morgan fingerprint density at radius 2 is 1.65 bits per heavy atom. The van der Waals surface area contributed by atoms with Crippen LogP contribution in [-0.2, 0) is 18.3 Å². The van der Waals surface area contributed by atoms with Crippen molar-refractivity contribution >= 4 is 16.6 Å². The van der Waals surface area contributed by atoms with Crippen molar-refractivity contribution in [2.75, 3.05) is 13.7 Å². The number of rotatable bonds is 8. The van der Waals surface area contributed by atoms with Crippen molar-refractivity contribution < 1.29 is 18.3 Å². The molecule has 0 bridgehead atoms. The lowest BCUT2D eigenvalue weighted by molar-refractivity contribution is -0.0613. The fourth-order valence-corrected chi connectivity index (χ4v) is 6.11. The number of nitrogens with zero attached hydrogens (tertiary/aromatic N) is 5. The molecule has 2 aromatic heterocycles. The van der Waals surface area contributed by atoms with E-state index in [1.807, 2.05) is 6.92 Å². The maximum absolute atomic E-state index is 13.2. The third kappa shape index (κ3) is 6.14. The molecule has 2 aromatic rings. The zero-order chi connectivity index (χ0) is 28.0. The first-order valence-electron chi connectivity index (χ1n) is 12.8. The van der Waals surface area contributed by atoms with Crippen molar-refractivity contribution in [2.24, 2.45) is 0 Å². The highest BCUT2D eigenvalue weighted by Gasteiger charge is 2.52. The summed E-state index contributed by atoms with van der Waals surface area (Å²) >= 11 is 0. The van der Waals surface area contributed by atoms with Crippen molar-refractivity contribution in [3.63, 3.8) is 0 Å². The van der Waals surface area contributed by atoms with Crippen LogP contribution in [0.4, 0.5) is 0 Å². The zero-order valence-electron chi connectivity index (χ0n) is 24.5. The van der Waals surface area contributed by atoms with Crippen molar-refractivity contribution in [1.82, 2.24) is 24.3 Å². The van der Waals surface area contributed by atoms with Gasteiger partial charge in [-0.3, -0.25) is 4.57 Å². The molecule has 1 aliphatic heterocycles. The smallest absolute Gasteiger partial charge is 0.351 e. The van der Waals surface area contributed by atoms with E-state index in [9.17, 15) is 4.79 Å². The summed E-state index contributed by atoms with van der Waals surface area (Å²) in [6.45, 7) is 24.4. The van der Waals surface area contributed by atoms with Crippen LogP contribution in [0.25, 0.3) is 5.82 Å². The first-order chi connectivity index (χ1) is 16.9. The van der Waals surface area contributed by atoms with Crippen LogP contribution >= 0.6 is 0 Å². The second-order valence-electron chi connectivity index (χ2n) is 13.0. The lowest BCUT2D eigenvalue weighted by Crippen LogP contribution is -2.51. The van der Waals surface area contributed by atoms with Gasteiger partial charge in [0.05, 0.1) is 6.61 Å². The highest BCUT2D eigenvalue weighted by molar-refractivity contribution is 6.74. The van der Waals surface area contributed by atoms with Gasteiger partial charge in [-0.2, -0.15) is 10.1 Å². The number of methoxy groups -OCH3 is 1. The Balaban J connectivity index is 2.00. The average Bonchev–Trinajstić information content (AvgIpc) is 3.40. The van der Waals surface area contributed by atoms with Crippen LogP contribution in [-0.4, -0.2) is 73.0 Å². The zero-order valence-corrected chi connectivity index (χ0v) is 26.5. The molecule has 0 aliphatic carbocycles. The SMILES string of the molecule is CO[C@@H]1[C@H](O[Si](C)(C)C(C)(C)C)[C@@H](CO[Si](C)(C)C(C)(C)C)O[C@H]1n1cc(C)c(-n2cncn2)nc1=O. The molecule has 0 saturated carbocycles. The molecule has 0 radical (unpaired) electrons. The average molecular weight is 552 g/mol. The molecule has 1 aliphatic rings. The molecule has 208 valence electrons. The van der Waals surface area contributed by atoms with Crippen LogP contribution in [0.1, 0.15) is 53.3 Å². The van der Waals surface area contributed by atoms with Gasteiger partial charge in [0.1, 0.15) is 31.0 Å². The number of aryl methyl sites for hydroxylation is 1. The van der Waals surface area contributed by atoms with E-state index in [-0.39, 0.29) is 10.1 Å². The maximum Gasteiger partial charge on any atom is 0.351 e. The van der Waals surface area contributed by atoms with E-state index in [2.05, 4.69) is 82.8 Å². The largest absolute Gasteiger partial charge is 0.414 e. The number of hydrogen-bond donors (Lipinski definition) is 0. The minimum absolute atomic E-state index is 0.0113. The molecule has 1 fully saturated rings. The molecule has 4 atom stereocenters. The van der Waals surface area contributed by atoms with E-state index < -0.39 is 46.9 Å². The Bertz CT molecular complexity index is 1120. The van der Waals surface area contributed by atoms with Crippen molar-refractivity contribution in [1.29, 1.82) is 0 Å². The van der Waals surface area contributed by atoms with Crippen LogP contribution in [0.3, 0.4) is 0 Å². The lowest BCUT2D eigenvalue weighted by Gasteiger charge is -2.41. The lowest BCUT2D eigenvalue weighted by atomic mass is 10.1. The second-order valence-corrected chi connectivity index (χ2v) is 22.5. The van der Waals surface area contributed by atoms with Gasteiger partial charge in [0.15, 0.2) is 28.7 Å². The van der Waals surface area contributed by atoms with Gasteiger partial charge < -0.3 is 18.3 Å². The third-order valence-electron chi connectivity index (χ3n) is 8.23. The third-order valence-corrected chi connectivity index (χ3v) is 17.2. The van der Waals surface area contributed by atoms with Gasteiger partial charge in [0.2, 0.25) is 0 Å². The quantitative estimate of drug-likeness (QED) is 0.443. The topological polar surface area (TPSA) is 103 Å².